The zero-order valence-electron chi connectivity index (χ0n) is 13.4. The molecule has 0 saturated carbocycles. The first kappa shape index (κ1) is 15.4. The molecule has 2 heterocycles. The lowest BCUT2D eigenvalue weighted by Crippen LogP contribution is -1.98. The van der Waals surface area contributed by atoms with Gasteiger partial charge in [0.05, 0.1) is 5.69 Å². The average Bonchev–Trinajstić information content (AvgIpc) is 2.87. The van der Waals surface area contributed by atoms with Crippen LogP contribution < -0.4 is 5.32 Å². The number of aryl methyl sites for hydroxylation is 3. The van der Waals surface area contributed by atoms with Crippen molar-refractivity contribution >= 4 is 29.0 Å². The molecule has 0 radical (unpaired) electrons. The Morgan fingerprint density at radius 3 is 2.48 bits per heavy atom. The topological polar surface area (TPSA) is 50.7 Å². The zero-order chi connectivity index (χ0) is 16.4. The maximum absolute atomic E-state index is 4.58. The Morgan fingerprint density at radius 2 is 1.83 bits per heavy atom. The molecule has 0 saturated heterocycles. The fourth-order valence-corrected chi connectivity index (χ4v) is 3.31. The molecule has 3 rings (SSSR count). The third-order valence-electron chi connectivity index (χ3n) is 3.37. The van der Waals surface area contributed by atoms with Gasteiger partial charge in [-0.15, -0.1) is 11.3 Å². The van der Waals surface area contributed by atoms with Gasteiger partial charge in [-0.2, -0.15) is 0 Å². The molecule has 0 bridgehead atoms. The summed E-state index contributed by atoms with van der Waals surface area (Å²) in [4.78, 5) is 14.5. The Balaban J connectivity index is 1.91. The minimum absolute atomic E-state index is 0.570. The van der Waals surface area contributed by atoms with Crippen molar-refractivity contribution in [2.24, 2.45) is 0 Å². The molecule has 0 spiro atoms. The normalized spacial score (nSPS) is 10.6. The van der Waals surface area contributed by atoms with Crippen molar-refractivity contribution in [2.45, 2.75) is 20.8 Å². The molecule has 0 amide bonds. The van der Waals surface area contributed by atoms with Crippen molar-refractivity contribution in [1.82, 2.24) is 15.0 Å². The van der Waals surface area contributed by atoms with Crippen LogP contribution >= 0.6 is 11.3 Å². The minimum atomic E-state index is 0.570. The predicted octanol–water partition coefficient (Wildman–Crippen LogP) is 4.91. The van der Waals surface area contributed by atoms with E-state index >= 15 is 0 Å². The van der Waals surface area contributed by atoms with Gasteiger partial charge in [0.15, 0.2) is 0 Å². The summed E-state index contributed by atoms with van der Waals surface area (Å²) in [6, 6.07) is 8.16. The molecule has 2 aromatic heterocycles. The monoisotopic (exact) mass is 322 g/mol. The van der Waals surface area contributed by atoms with E-state index in [1.165, 1.54) is 11.1 Å². The third kappa shape index (κ3) is 3.46. The Morgan fingerprint density at radius 1 is 1.09 bits per heavy atom. The van der Waals surface area contributed by atoms with Gasteiger partial charge in [-0.1, -0.05) is 18.7 Å². The number of hydrogen-bond acceptors (Lipinski definition) is 5. The van der Waals surface area contributed by atoms with Crippen LogP contribution in [-0.2, 0) is 0 Å². The fraction of sp³-hybridized carbons (Fsp3) is 0.167. The second-order valence-corrected chi connectivity index (χ2v) is 6.47. The molecule has 0 aliphatic heterocycles. The maximum Gasteiger partial charge on any atom is 0.227 e. The third-order valence-corrected chi connectivity index (χ3v) is 4.55. The quantitative estimate of drug-likeness (QED) is 0.741. The molecule has 23 heavy (non-hydrogen) atoms. The summed E-state index contributed by atoms with van der Waals surface area (Å²) in [5.41, 5.74) is 5.18. The van der Waals surface area contributed by atoms with Crippen LogP contribution in [0.3, 0.4) is 0 Å². The molecule has 1 N–H and O–H groups in total. The van der Waals surface area contributed by atoms with Crippen molar-refractivity contribution in [3.8, 4) is 10.7 Å². The number of benzene rings is 1. The van der Waals surface area contributed by atoms with E-state index in [4.69, 9.17) is 0 Å². The van der Waals surface area contributed by atoms with Crippen LogP contribution in [0, 0.1) is 20.8 Å². The molecule has 0 atom stereocenters. The van der Waals surface area contributed by atoms with Crippen LogP contribution in [0.25, 0.3) is 16.8 Å². The number of thiazole rings is 1. The number of rotatable bonds is 4. The van der Waals surface area contributed by atoms with Crippen LogP contribution in [0.5, 0.6) is 0 Å². The Labute approximate surface area is 140 Å². The van der Waals surface area contributed by atoms with E-state index in [0.717, 1.165) is 27.0 Å². The van der Waals surface area contributed by atoms with E-state index in [1.807, 2.05) is 19.1 Å². The van der Waals surface area contributed by atoms with Crippen LogP contribution in [-0.4, -0.2) is 15.0 Å². The SMILES string of the molecule is C=Cc1sc(-c2ccnc(Nc3cc(C)cc(C)c3)n2)nc1C. The first-order valence-corrected chi connectivity index (χ1v) is 8.15. The molecule has 0 unspecified atom stereocenters. The highest BCUT2D eigenvalue weighted by atomic mass is 32.1. The summed E-state index contributed by atoms with van der Waals surface area (Å²) in [5, 5.41) is 4.14. The van der Waals surface area contributed by atoms with Gasteiger partial charge in [-0.3, -0.25) is 0 Å². The van der Waals surface area contributed by atoms with Crippen molar-refractivity contribution in [3.63, 3.8) is 0 Å². The first-order valence-electron chi connectivity index (χ1n) is 7.34. The van der Waals surface area contributed by atoms with Gasteiger partial charge in [0.25, 0.3) is 0 Å². The minimum Gasteiger partial charge on any atom is -0.324 e. The van der Waals surface area contributed by atoms with Crippen molar-refractivity contribution in [1.29, 1.82) is 0 Å². The number of aromatic nitrogens is 3. The molecule has 5 heteroatoms. The average molecular weight is 322 g/mol. The smallest absolute Gasteiger partial charge is 0.227 e. The summed E-state index contributed by atoms with van der Waals surface area (Å²) < 4.78 is 0. The number of anilines is 2. The summed E-state index contributed by atoms with van der Waals surface area (Å²) in [7, 11) is 0. The van der Waals surface area contributed by atoms with Crippen molar-refractivity contribution in [2.75, 3.05) is 5.32 Å². The zero-order valence-corrected chi connectivity index (χ0v) is 14.2. The molecule has 0 fully saturated rings. The Kier molecular flexibility index (Phi) is 4.21. The van der Waals surface area contributed by atoms with Crippen molar-refractivity contribution in [3.05, 3.63) is 58.7 Å². The number of hydrogen-bond donors (Lipinski definition) is 1. The number of nitrogens with one attached hydrogen (secondary N) is 1. The van der Waals surface area contributed by atoms with E-state index in [9.17, 15) is 0 Å². The summed E-state index contributed by atoms with van der Waals surface area (Å²) in [5.74, 6) is 0.570. The largest absolute Gasteiger partial charge is 0.324 e. The first-order chi connectivity index (χ1) is 11.0. The molecular formula is C18H18N4S. The van der Waals surface area contributed by atoms with E-state index < -0.39 is 0 Å². The van der Waals surface area contributed by atoms with Gasteiger partial charge in [-0.05, 0) is 50.1 Å². The van der Waals surface area contributed by atoms with E-state index in [0.29, 0.717) is 5.95 Å². The molecule has 3 aromatic rings. The molecule has 1 aromatic carbocycles. The predicted molar refractivity (Wildman–Crippen MR) is 97.2 cm³/mol. The van der Waals surface area contributed by atoms with Crippen molar-refractivity contribution < 1.29 is 0 Å². The molecule has 4 nitrogen and oxygen atoms in total. The van der Waals surface area contributed by atoms with Crippen LogP contribution in [0.4, 0.5) is 11.6 Å². The Bertz CT molecular complexity index is 847. The van der Waals surface area contributed by atoms with E-state index in [-0.39, 0.29) is 0 Å². The van der Waals surface area contributed by atoms with Crippen LogP contribution in [0.15, 0.2) is 37.0 Å². The second-order valence-electron chi connectivity index (χ2n) is 5.44. The maximum atomic E-state index is 4.58. The van der Waals surface area contributed by atoms with Gasteiger partial charge in [-0.25, -0.2) is 15.0 Å². The summed E-state index contributed by atoms with van der Waals surface area (Å²) in [6.07, 6.45) is 3.57. The van der Waals surface area contributed by atoms with Gasteiger partial charge in [0.1, 0.15) is 10.7 Å². The Hall–Kier alpha value is -2.53. The lowest BCUT2D eigenvalue weighted by atomic mass is 10.1. The second kappa shape index (κ2) is 6.30. The van der Waals surface area contributed by atoms with Crippen LogP contribution in [0.2, 0.25) is 0 Å². The standard InChI is InChI=1S/C18H18N4S/c1-5-16-13(4)20-17(23-16)15-6-7-19-18(22-15)21-14-9-11(2)8-12(3)10-14/h5-10H,1H2,2-4H3,(H,19,21,22). The highest BCUT2D eigenvalue weighted by Gasteiger charge is 2.10. The lowest BCUT2D eigenvalue weighted by molar-refractivity contribution is 1.15. The highest BCUT2D eigenvalue weighted by molar-refractivity contribution is 7.16. The van der Waals surface area contributed by atoms with Gasteiger partial charge >= 0.3 is 0 Å². The summed E-state index contributed by atoms with van der Waals surface area (Å²) in [6.45, 7) is 9.94. The lowest BCUT2D eigenvalue weighted by Gasteiger charge is -2.07. The molecule has 0 aliphatic carbocycles. The molecular weight excluding hydrogens is 304 g/mol. The molecule has 0 aliphatic rings. The molecule has 116 valence electrons. The van der Waals surface area contributed by atoms with Gasteiger partial charge in [0, 0.05) is 16.8 Å². The van der Waals surface area contributed by atoms with Crippen LogP contribution in [0.1, 0.15) is 21.7 Å². The van der Waals surface area contributed by atoms with Gasteiger partial charge in [0.2, 0.25) is 5.95 Å². The number of nitrogens with zero attached hydrogens (tertiary/aromatic N) is 3. The van der Waals surface area contributed by atoms with E-state index in [1.54, 1.807) is 17.5 Å². The fourth-order valence-electron chi connectivity index (χ4n) is 2.42. The highest BCUT2D eigenvalue weighted by Crippen LogP contribution is 2.28. The van der Waals surface area contributed by atoms with Gasteiger partial charge < -0.3 is 5.32 Å². The summed E-state index contributed by atoms with van der Waals surface area (Å²) >= 11 is 1.59. The van der Waals surface area contributed by atoms with E-state index in [2.05, 4.69) is 58.9 Å².